The van der Waals surface area contributed by atoms with Crippen LogP contribution < -0.4 is 4.74 Å². The predicted molar refractivity (Wildman–Crippen MR) is 53.6 cm³/mol. The van der Waals surface area contributed by atoms with Gasteiger partial charge in [0.2, 0.25) is 0 Å². The number of ether oxygens (including phenoxy) is 1. The molecule has 0 aliphatic heterocycles. The zero-order valence-electron chi connectivity index (χ0n) is 7.66. The molecule has 2 aromatic rings. The second-order valence-electron chi connectivity index (χ2n) is 2.97. The second kappa shape index (κ2) is 3.13. The molecule has 1 radical (unpaired) electrons. The van der Waals surface area contributed by atoms with Crippen LogP contribution in [0.25, 0.3) is 10.9 Å². The maximum absolute atomic E-state index is 4.91. The van der Waals surface area contributed by atoms with E-state index in [1.165, 1.54) is 10.9 Å². The standard InChI is InChI=1S/C11H12NO/c1-3-12-7-6-9-8-10(13-2)4-5-11(9)12/h4-8H,2-3H2,1H3. The van der Waals surface area contributed by atoms with E-state index in [9.17, 15) is 0 Å². The van der Waals surface area contributed by atoms with Crippen molar-refractivity contribution in [2.45, 2.75) is 13.5 Å². The first-order valence-corrected chi connectivity index (χ1v) is 4.36. The number of nitrogens with zero attached hydrogens (tertiary/aromatic N) is 1. The van der Waals surface area contributed by atoms with Crippen molar-refractivity contribution in [2.75, 3.05) is 0 Å². The molecular weight excluding hydrogens is 162 g/mol. The highest BCUT2D eigenvalue weighted by Gasteiger charge is 1.99. The molecule has 67 valence electrons. The summed E-state index contributed by atoms with van der Waals surface area (Å²) < 4.78 is 7.10. The van der Waals surface area contributed by atoms with Gasteiger partial charge in [-0.3, -0.25) is 0 Å². The van der Waals surface area contributed by atoms with Crippen molar-refractivity contribution in [3.8, 4) is 5.75 Å². The van der Waals surface area contributed by atoms with Crippen LogP contribution in [0.1, 0.15) is 6.92 Å². The summed E-state index contributed by atoms with van der Waals surface area (Å²) in [5.74, 6) is 0.807. The molecule has 0 N–H and O–H groups in total. The molecule has 0 saturated heterocycles. The smallest absolute Gasteiger partial charge is 0.122 e. The normalized spacial score (nSPS) is 10.6. The molecule has 13 heavy (non-hydrogen) atoms. The number of aryl methyl sites for hydroxylation is 1. The summed E-state index contributed by atoms with van der Waals surface area (Å²) in [6.45, 7) is 3.12. The average molecular weight is 174 g/mol. The van der Waals surface area contributed by atoms with Crippen molar-refractivity contribution < 1.29 is 4.74 Å². The molecule has 0 aliphatic rings. The van der Waals surface area contributed by atoms with Gasteiger partial charge in [-0.05, 0) is 31.2 Å². The quantitative estimate of drug-likeness (QED) is 0.682. The van der Waals surface area contributed by atoms with Gasteiger partial charge in [-0.1, -0.05) is 0 Å². The van der Waals surface area contributed by atoms with Gasteiger partial charge in [-0.25, -0.2) is 0 Å². The molecule has 0 bridgehead atoms. The molecule has 2 nitrogen and oxygen atoms in total. The van der Waals surface area contributed by atoms with Crippen LogP contribution in [0.5, 0.6) is 5.75 Å². The Bertz CT molecular complexity index is 417. The van der Waals surface area contributed by atoms with Crippen LogP contribution in [-0.2, 0) is 6.54 Å². The Morgan fingerprint density at radius 2 is 2.23 bits per heavy atom. The monoisotopic (exact) mass is 174 g/mol. The molecule has 1 heterocycles. The first kappa shape index (κ1) is 8.17. The van der Waals surface area contributed by atoms with E-state index in [0.717, 1.165) is 12.3 Å². The average Bonchev–Trinajstić information content (AvgIpc) is 2.59. The SMILES string of the molecule is [CH2]Oc1ccc2c(ccn2CC)c1. The Labute approximate surface area is 77.7 Å². The van der Waals surface area contributed by atoms with E-state index < -0.39 is 0 Å². The fourth-order valence-electron chi connectivity index (χ4n) is 1.54. The molecule has 0 atom stereocenters. The molecular formula is C11H12NO. The van der Waals surface area contributed by atoms with E-state index in [-0.39, 0.29) is 0 Å². The molecule has 2 rings (SSSR count). The van der Waals surface area contributed by atoms with Gasteiger partial charge in [-0.15, -0.1) is 0 Å². The summed E-state index contributed by atoms with van der Waals surface area (Å²) in [5.41, 5.74) is 1.24. The summed E-state index contributed by atoms with van der Waals surface area (Å²) in [7, 11) is 3.38. The van der Waals surface area contributed by atoms with E-state index in [2.05, 4.69) is 36.9 Å². The maximum atomic E-state index is 4.91. The molecule has 2 heteroatoms. The third-order valence-corrected chi connectivity index (χ3v) is 2.25. The second-order valence-corrected chi connectivity index (χ2v) is 2.97. The van der Waals surface area contributed by atoms with Gasteiger partial charge in [0.05, 0.1) is 0 Å². The molecule has 0 aliphatic carbocycles. The van der Waals surface area contributed by atoms with Gasteiger partial charge in [0.15, 0.2) is 0 Å². The molecule has 1 aromatic heterocycles. The van der Waals surface area contributed by atoms with Crippen molar-refractivity contribution in [1.29, 1.82) is 0 Å². The van der Waals surface area contributed by atoms with Crippen molar-refractivity contribution >= 4 is 10.9 Å². The highest BCUT2D eigenvalue weighted by molar-refractivity contribution is 5.81. The van der Waals surface area contributed by atoms with E-state index in [0.29, 0.717) is 0 Å². The minimum absolute atomic E-state index is 0.807. The lowest BCUT2D eigenvalue weighted by atomic mass is 10.2. The van der Waals surface area contributed by atoms with Gasteiger partial charge in [0, 0.05) is 23.6 Å². The van der Waals surface area contributed by atoms with Crippen LogP contribution in [0.15, 0.2) is 30.5 Å². The number of hydrogen-bond donors (Lipinski definition) is 0. The first-order chi connectivity index (χ1) is 6.35. The summed E-state index contributed by atoms with van der Waals surface area (Å²) in [6.07, 6.45) is 2.08. The number of rotatable bonds is 2. The molecule has 0 unspecified atom stereocenters. The molecule has 1 aromatic carbocycles. The third kappa shape index (κ3) is 1.28. The molecule has 0 amide bonds. The van der Waals surface area contributed by atoms with Crippen LogP contribution >= 0.6 is 0 Å². The molecule has 0 saturated carbocycles. The molecule has 0 spiro atoms. The fourth-order valence-corrected chi connectivity index (χ4v) is 1.54. The lowest BCUT2D eigenvalue weighted by molar-refractivity contribution is 0.474. The zero-order valence-corrected chi connectivity index (χ0v) is 7.66. The summed E-state index contributed by atoms with van der Waals surface area (Å²) in [5, 5.41) is 1.20. The lowest BCUT2D eigenvalue weighted by Crippen LogP contribution is -1.90. The Kier molecular flexibility index (Phi) is 1.97. The summed E-state index contributed by atoms with van der Waals surface area (Å²) in [4.78, 5) is 0. The van der Waals surface area contributed by atoms with Crippen LogP contribution in [-0.4, -0.2) is 4.57 Å². The van der Waals surface area contributed by atoms with E-state index >= 15 is 0 Å². The van der Waals surface area contributed by atoms with E-state index in [1.54, 1.807) is 0 Å². The maximum Gasteiger partial charge on any atom is 0.122 e. The van der Waals surface area contributed by atoms with Crippen molar-refractivity contribution in [3.63, 3.8) is 0 Å². The summed E-state index contributed by atoms with van der Waals surface area (Å²) in [6, 6.07) is 8.07. The topological polar surface area (TPSA) is 14.2 Å². The Morgan fingerprint density at radius 1 is 1.38 bits per heavy atom. The van der Waals surface area contributed by atoms with E-state index in [4.69, 9.17) is 4.74 Å². The van der Waals surface area contributed by atoms with Crippen molar-refractivity contribution in [2.24, 2.45) is 0 Å². The number of benzene rings is 1. The van der Waals surface area contributed by atoms with Gasteiger partial charge in [-0.2, -0.15) is 0 Å². The number of aromatic nitrogens is 1. The van der Waals surface area contributed by atoms with Crippen LogP contribution in [0.3, 0.4) is 0 Å². The minimum atomic E-state index is 0.807. The Hall–Kier alpha value is -1.44. The number of hydrogen-bond acceptors (Lipinski definition) is 1. The lowest BCUT2D eigenvalue weighted by Gasteiger charge is -2.01. The summed E-state index contributed by atoms with van der Waals surface area (Å²) >= 11 is 0. The van der Waals surface area contributed by atoms with Gasteiger partial charge < -0.3 is 9.30 Å². The fraction of sp³-hybridized carbons (Fsp3) is 0.182. The number of fused-ring (bicyclic) bond motifs is 1. The highest BCUT2D eigenvalue weighted by Crippen LogP contribution is 2.21. The van der Waals surface area contributed by atoms with Gasteiger partial charge in [0.25, 0.3) is 0 Å². The first-order valence-electron chi connectivity index (χ1n) is 4.36. The van der Waals surface area contributed by atoms with Crippen LogP contribution in [0.4, 0.5) is 0 Å². The minimum Gasteiger partial charge on any atom is -0.490 e. The van der Waals surface area contributed by atoms with Gasteiger partial charge >= 0.3 is 0 Å². The van der Waals surface area contributed by atoms with Crippen molar-refractivity contribution in [3.05, 3.63) is 37.6 Å². The largest absolute Gasteiger partial charge is 0.490 e. The Morgan fingerprint density at radius 3 is 2.92 bits per heavy atom. The predicted octanol–water partition coefficient (Wildman–Crippen LogP) is 2.83. The molecule has 0 fully saturated rings. The third-order valence-electron chi connectivity index (χ3n) is 2.25. The van der Waals surface area contributed by atoms with Crippen LogP contribution in [0, 0.1) is 7.11 Å². The van der Waals surface area contributed by atoms with Crippen molar-refractivity contribution in [1.82, 2.24) is 4.57 Å². The van der Waals surface area contributed by atoms with Crippen LogP contribution in [0.2, 0.25) is 0 Å². The van der Waals surface area contributed by atoms with E-state index in [1.807, 2.05) is 12.1 Å². The zero-order chi connectivity index (χ0) is 9.26. The highest BCUT2D eigenvalue weighted by atomic mass is 16.5. The Balaban J connectivity index is 2.61. The van der Waals surface area contributed by atoms with Gasteiger partial charge in [0.1, 0.15) is 12.9 Å².